The second kappa shape index (κ2) is 6.95. The van der Waals surface area contributed by atoms with Gasteiger partial charge in [0.05, 0.1) is 4.47 Å². The van der Waals surface area contributed by atoms with E-state index in [0.29, 0.717) is 10.2 Å². The van der Waals surface area contributed by atoms with Gasteiger partial charge in [-0.2, -0.15) is 0 Å². The van der Waals surface area contributed by atoms with Crippen molar-refractivity contribution in [2.24, 2.45) is 0 Å². The van der Waals surface area contributed by atoms with Crippen molar-refractivity contribution < 1.29 is 23.8 Å². The maximum atomic E-state index is 12.3. The molecule has 0 saturated heterocycles. The number of halogens is 2. The summed E-state index contributed by atoms with van der Waals surface area (Å²) in [6, 6.07) is 5.33. The van der Waals surface area contributed by atoms with Gasteiger partial charge >= 0.3 is 5.97 Å². The molecule has 1 amide bonds. The molecular formula is C11H11BrFNO4. The lowest BCUT2D eigenvalue weighted by molar-refractivity contribution is -0.142. The maximum Gasteiger partial charge on any atom is 0.328 e. The minimum atomic E-state index is -1.54. The van der Waals surface area contributed by atoms with Crippen molar-refractivity contribution in [2.45, 2.75) is 6.04 Å². The number of rotatable bonds is 6. The second-order valence-corrected chi connectivity index (χ2v) is 4.19. The summed E-state index contributed by atoms with van der Waals surface area (Å²) in [6.07, 6.45) is 0. The molecular weight excluding hydrogens is 309 g/mol. The Morgan fingerprint density at radius 2 is 2.11 bits per heavy atom. The smallest absolute Gasteiger partial charge is 0.328 e. The fourth-order valence-electron chi connectivity index (χ4n) is 1.11. The van der Waals surface area contributed by atoms with E-state index in [2.05, 4.69) is 15.9 Å². The van der Waals surface area contributed by atoms with Crippen LogP contribution in [0.15, 0.2) is 28.7 Å². The number of carboxylic acids is 1. The van der Waals surface area contributed by atoms with Crippen molar-refractivity contribution in [2.75, 3.05) is 13.3 Å². The zero-order chi connectivity index (χ0) is 13.5. The molecule has 0 aliphatic carbocycles. The van der Waals surface area contributed by atoms with Crippen LogP contribution in [0.4, 0.5) is 4.39 Å². The van der Waals surface area contributed by atoms with Gasteiger partial charge in [0.2, 0.25) is 0 Å². The minimum absolute atomic E-state index is 0.383. The van der Waals surface area contributed by atoms with Crippen molar-refractivity contribution in [3.8, 4) is 5.75 Å². The van der Waals surface area contributed by atoms with Gasteiger partial charge in [-0.15, -0.1) is 0 Å². The number of nitrogens with one attached hydrogen (secondary N) is 1. The highest BCUT2D eigenvalue weighted by molar-refractivity contribution is 9.10. The Labute approximate surface area is 111 Å². The molecule has 2 N–H and O–H groups in total. The molecule has 0 radical (unpaired) electrons. The van der Waals surface area contributed by atoms with Gasteiger partial charge in [0.15, 0.2) is 12.6 Å². The summed E-state index contributed by atoms with van der Waals surface area (Å²) in [5.74, 6) is -1.68. The number of hydrogen-bond acceptors (Lipinski definition) is 3. The molecule has 0 aliphatic rings. The van der Waals surface area contributed by atoms with Crippen LogP contribution >= 0.6 is 15.9 Å². The van der Waals surface area contributed by atoms with Crippen LogP contribution in [0.25, 0.3) is 0 Å². The normalized spacial score (nSPS) is 11.7. The van der Waals surface area contributed by atoms with Gasteiger partial charge < -0.3 is 15.2 Å². The largest absolute Gasteiger partial charge is 0.483 e. The standard InChI is InChI=1S/C11H11BrFNO4/c12-7-3-1-2-4-9(7)18-6-10(15)14-8(5-13)11(16)17/h1-4,8H,5-6H2,(H,14,15)(H,16,17). The third-order valence-corrected chi connectivity index (χ3v) is 2.64. The van der Waals surface area contributed by atoms with Crippen LogP contribution in [-0.2, 0) is 9.59 Å². The van der Waals surface area contributed by atoms with Crippen molar-refractivity contribution in [3.63, 3.8) is 0 Å². The highest BCUT2D eigenvalue weighted by Gasteiger charge is 2.19. The predicted octanol–water partition coefficient (Wildman–Crippen LogP) is 1.37. The Balaban J connectivity index is 2.47. The Morgan fingerprint density at radius 3 is 2.67 bits per heavy atom. The molecule has 1 atom stereocenters. The highest BCUT2D eigenvalue weighted by Crippen LogP contribution is 2.23. The summed E-state index contributed by atoms with van der Waals surface area (Å²) in [5.41, 5.74) is 0. The predicted molar refractivity (Wildman–Crippen MR) is 65.2 cm³/mol. The highest BCUT2D eigenvalue weighted by atomic mass is 79.9. The van der Waals surface area contributed by atoms with E-state index in [4.69, 9.17) is 9.84 Å². The molecule has 0 aromatic heterocycles. The monoisotopic (exact) mass is 319 g/mol. The number of aliphatic carboxylic acids is 1. The molecule has 18 heavy (non-hydrogen) atoms. The van der Waals surface area contributed by atoms with Gasteiger partial charge in [-0.05, 0) is 28.1 Å². The molecule has 1 aromatic carbocycles. The molecule has 1 unspecified atom stereocenters. The van der Waals surface area contributed by atoms with E-state index in [0.717, 1.165) is 0 Å². The van der Waals surface area contributed by atoms with Gasteiger partial charge in [0, 0.05) is 0 Å². The Kier molecular flexibility index (Phi) is 5.57. The number of carbonyl (C=O) groups excluding carboxylic acids is 1. The van der Waals surface area contributed by atoms with Crippen molar-refractivity contribution >= 4 is 27.8 Å². The third kappa shape index (κ3) is 4.33. The topological polar surface area (TPSA) is 75.6 Å². The summed E-state index contributed by atoms with van der Waals surface area (Å²) in [6.45, 7) is -1.55. The Hall–Kier alpha value is -1.63. The zero-order valence-electron chi connectivity index (χ0n) is 9.23. The van der Waals surface area contributed by atoms with Crippen molar-refractivity contribution in [3.05, 3.63) is 28.7 Å². The quantitative estimate of drug-likeness (QED) is 0.830. The number of para-hydroxylation sites is 1. The first-order valence-electron chi connectivity index (χ1n) is 5.00. The van der Waals surface area contributed by atoms with Gasteiger partial charge in [0.25, 0.3) is 5.91 Å². The number of amides is 1. The first-order chi connectivity index (χ1) is 8.54. The molecule has 0 fully saturated rings. The van der Waals surface area contributed by atoms with Crippen LogP contribution in [0.1, 0.15) is 0 Å². The number of carboxylic acid groups (broad SMARTS) is 1. The zero-order valence-corrected chi connectivity index (χ0v) is 10.8. The first kappa shape index (κ1) is 14.4. The van der Waals surface area contributed by atoms with Gasteiger partial charge in [-0.1, -0.05) is 12.1 Å². The van der Waals surface area contributed by atoms with E-state index < -0.39 is 24.6 Å². The van der Waals surface area contributed by atoms with Crippen LogP contribution in [0, 0.1) is 0 Å². The van der Waals surface area contributed by atoms with E-state index in [-0.39, 0.29) is 6.61 Å². The molecule has 0 saturated carbocycles. The van der Waals surface area contributed by atoms with Gasteiger partial charge in [0.1, 0.15) is 12.4 Å². The minimum Gasteiger partial charge on any atom is -0.483 e. The number of benzene rings is 1. The van der Waals surface area contributed by atoms with Crippen LogP contribution in [0.5, 0.6) is 5.75 Å². The number of alkyl halides is 1. The van der Waals surface area contributed by atoms with Crippen molar-refractivity contribution in [1.82, 2.24) is 5.32 Å². The molecule has 7 heteroatoms. The van der Waals surface area contributed by atoms with Crippen LogP contribution in [-0.4, -0.2) is 36.3 Å². The molecule has 1 aromatic rings. The summed E-state index contributed by atoms with van der Waals surface area (Å²) in [7, 11) is 0. The molecule has 0 heterocycles. The van der Waals surface area contributed by atoms with E-state index in [1.54, 1.807) is 24.3 Å². The van der Waals surface area contributed by atoms with Crippen molar-refractivity contribution in [1.29, 1.82) is 0 Å². The number of carbonyl (C=O) groups is 2. The molecule has 5 nitrogen and oxygen atoms in total. The lowest BCUT2D eigenvalue weighted by Crippen LogP contribution is -2.44. The fourth-order valence-corrected chi connectivity index (χ4v) is 1.51. The molecule has 98 valence electrons. The summed E-state index contributed by atoms with van der Waals surface area (Å²) < 4.78 is 18.1. The molecule has 0 bridgehead atoms. The van der Waals surface area contributed by atoms with Crippen LogP contribution in [0.2, 0.25) is 0 Å². The van der Waals surface area contributed by atoms with E-state index in [1.165, 1.54) is 0 Å². The Morgan fingerprint density at radius 1 is 1.44 bits per heavy atom. The fraction of sp³-hybridized carbons (Fsp3) is 0.273. The average Bonchev–Trinajstić information content (AvgIpc) is 2.34. The van der Waals surface area contributed by atoms with Gasteiger partial charge in [-0.3, -0.25) is 4.79 Å². The summed E-state index contributed by atoms with van der Waals surface area (Å²) in [5, 5.41) is 10.6. The van der Waals surface area contributed by atoms with Gasteiger partial charge in [-0.25, -0.2) is 9.18 Å². The summed E-state index contributed by atoms with van der Waals surface area (Å²) >= 11 is 3.22. The second-order valence-electron chi connectivity index (χ2n) is 3.33. The SMILES string of the molecule is O=C(COc1ccccc1Br)NC(CF)C(=O)O. The van der Waals surface area contributed by atoms with E-state index in [9.17, 15) is 14.0 Å². The lowest BCUT2D eigenvalue weighted by atomic mass is 10.3. The van der Waals surface area contributed by atoms with Crippen LogP contribution < -0.4 is 10.1 Å². The lowest BCUT2D eigenvalue weighted by Gasteiger charge is -2.12. The maximum absolute atomic E-state index is 12.3. The molecule has 1 rings (SSSR count). The van der Waals surface area contributed by atoms with E-state index in [1.807, 2.05) is 5.32 Å². The Bertz CT molecular complexity index is 441. The number of hydrogen-bond donors (Lipinski definition) is 2. The summed E-state index contributed by atoms with van der Waals surface area (Å²) in [4.78, 5) is 21.8. The van der Waals surface area contributed by atoms with Crippen LogP contribution in [0.3, 0.4) is 0 Å². The average molecular weight is 320 g/mol. The number of ether oxygens (including phenoxy) is 1. The van der Waals surface area contributed by atoms with E-state index >= 15 is 0 Å². The third-order valence-electron chi connectivity index (χ3n) is 1.98. The molecule has 0 spiro atoms. The first-order valence-corrected chi connectivity index (χ1v) is 5.79. The molecule has 0 aliphatic heterocycles.